The number of piperidine rings is 1. The van der Waals surface area contributed by atoms with Gasteiger partial charge < -0.3 is 15.0 Å². The van der Waals surface area contributed by atoms with Crippen molar-refractivity contribution in [1.82, 2.24) is 10.2 Å². The summed E-state index contributed by atoms with van der Waals surface area (Å²) in [5, 5.41) is 4.25. The van der Waals surface area contributed by atoms with Crippen molar-refractivity contribution in [1.29, 1.82) is 0 Å². The number of thiocarbonyl (C=S) groups is 1. The van der Waals surface area contributed by atoms with Crippen molar-refractivity contribution >= 4 is 17.3 Å². The van der Waals surface area contributed by atoms with Gasteiger partial charge in [-0.3, -0.25) is 0 Å². The predicted molar refractivity (Wildman–Crippen MR) is 76.2 cm³/mol. The molecule has 3 atom stereocenters. The maximum absolute atomic E-state index is 5.48. The van der Waals surface area contributed by atoms with Crippen LogP contribution in [0.2, 0.25) is 0 Å². The van der Waals surface area contributed by atoms with E-state index in [1.807, 2.05) is 0 Å². The van der Waals surface area contributed by atoms with E-state index in [4.69, 9.17) is 17.0 Å². The second-order valence-corrected chi connectivity index (χ2v) is 5.68. The maximum atomic E-state index is 5.48. The fourth-order valence-corrected chi connectivity index (χ4v) is 2.84. The van der Waals surface area contributed by atoms with Gasteiger partial charge in [-0.05, 0) is 43.8 Å². The molecular weight excluding hydrogens is 232 g/mol. The first-order chi connectivity index (χ1) is 8.06. The standard InChI is InChI=1S/C13H26N2OS/c1-10-8-11(2)12(3)15(9-10)13(17)14-6-5-7-16-4/h10-12H,5-9H2,1-4H3,(H,14,17). The second kappa shape index (κ2) is 7.17. The van der Waals surface area contributed by atoms with Crippen LogP contribution in [0, 0.1) is 11.8 Å². The number of likely N-dealkylation sites (tertiary alicyclic amines) is 1. The van der Waals surface area contributed by atoms with Crippen molar-refractivity contribution in [3.05, 3.63) is 0 Å². The fourth-order valence-electron chi connectivity index (χ4n) is 2.50. The number of nitrogens with one attached hydrogen (secondary N) is 1. The topological polar surface area (TPSA) is 24.5 Å². The number of rotatable bonds is 4. The van der Waals surface area contributed by atoms with E-state index in [2.05, 4.69) is 31.0 Å². The zero-order chi connectivity index (χ0) is 12.8. The largest absolute Gasteiger partial charge is 0.385 e. The van der Waals surface area contributed by atoms with Crippen LogP contribution >= 0.6 is 12.2 Å². The summed E-state index contributed by atoms with van der Waals surface area (Å²) in [7, 11) is 1.73. The lowest BCUT2D eigenvalue weighted by molar-refractivity contribution is 0.145. The maximum Gasteiger partial charge on any atom is 0.169 e. The highest BCUT2D eigenvalue weighted by Gasteiger charge is 2.29. The number of hydrogen-bond acceptors (Lipinski definition) is 2. The highest BCUT2D eigenvalue weighted by Crippen LogP contribution is 2.26. The normalized spacial score (nSPS) is 29.2. The molecule has 0 aromatic heterocycles. The van der Waals surface area contributed by atoms with Crippen molar-refractivity contribution in [3.63, 3.8) is 0 Å². The zero-order valence-corrected chi connectivity index (χ0v) is 12.3. The Balaban J connectivity index is 2.38. The molecule has 4 heteroatoms. The van der Waals surface area contributed by atoms with Gasteiger partial charge in [0.05, 0.1) is 0 Å². The minimum atomic E-state index is 0.550. The molecule has 0 saturated carbocycles. The summed E-state index contributed by atoms with van der Waals surface area (Å²) in [4.78, 5) is 2.35. The Bertz CT molecular complexity index is 248. The van der Waals surface area contributed by atoms with Crippen LogP contribution in [-0.2, 0) is 4.74 Å². The van der Waals surface area contributed by atoms with Crippen LogP contribution in [-0.4, -0.2) is 42.9 Å². The summed E-state index contributed by atoms with van der Waals surface area (Å²) < 4.78 is 5.03. The van der Waals surface area contributed by atoms with E-state index in [-0.39, 0.29) is 0 Å². The van der Waals surface area contributed by atoms with Gasteiger partial charge in [0.25, 0.3) is 0 Å². The van der Waals surface area contributed by atoms with E-state index in [0.717, 1.165) is 43.1 Å². The molecule has 3 nitrogen and oxygen atoms in total. The van der Waals surface area contributed by atoms with Gasteiger partial charge in [0.1, 0.15) is 0 Å². The SMILES string of the molecule is COCCCNC(=S)N1CC(C)CC(C)C1C. The van der Waals surface area contributed by atoms with E-state index in [9.17, 15) is 0 Å². The molecule has 1 N–H and O–H groups in total. The summed E-state index contributed by atoms with van der Waals surface area (Å²) in [5.41, 5.74) is 0. The molecule has 0 aliphatic carbocycles. The van der Waals surface area contributed by atoms with Crippen LogP contribution in [0.25, 0.3) is 0 Å². The molecule has 1 aliphatic rings. The third-order valence-electron chi connectivity index (χ3n) is 3.66. The van der Waals surface area contributed by atoms with Crippen molar-refractivity contribution in [2.75, 3.05) is 26.8 Å². The van der Waals surface area contributed by atoms with Gasteiger partial charge in [0.2, 0.25) is 0 Å². The Labute approximate surface area is 111 Å². The molecule has 17 heavy (non-hydrogen) atoms. The van der Waals surface area contributed by atoms with Crippen LogP contribution in [0.15, 0.2) is 0 Å². The predicted octanol–water partition coefficient (Wildman–Crippen LogP) is 2.26. The number of hydrogen-bond donors (Lipinski definition) is 1. The van der Waals surface area contributed by atoms with Gasteiger partial charge in [-0.1, -0.05) is 13.8 Å². The summed E-state index contributed by atoms with van der Waals surface area (Å²) >= 11 is 5.48. The highest BCUT2D eigenvalue weighted by atomic mass is 32.1. The summed E-state index contributed by atoms with van der Waals surface area (Å²) in [6, 6.07) is 0.550. The highest BCUT2D eigenvalue weighted by molar-refractivity contribution is 7.80. The molecule has 0 spiro atoms. The van der Waals surface area contributed by atoms with Gasteiger partial charge in [-0.2, -0.15) is 0 Å². The first-order valence-electron chi connectivity index (χ1n) is 6.59. The number of methoxy groups -OCH3 is 1. The van der Waals surface area contributed by atoms with Gasteiger partial charge >= 0.3 is 0 Å². The lowest BCUT2D eigenvalue weighted by atomic mass is 9.86. The first-order valence-corrected chi connectivity index (χ1v) is 7.00. The Morgan fingerprint density at radius 1 is 1.41 bits per heavy atom. The molecule has 100 valence electrons. The lowest BCUT2D eigenvalue weighted by Gasteiger charge is -2.42. The summed E-state index contributed by atoms with van der Waals surface area (Å²) in [6.07, 6.45) is 2.31. The molecule has 1 rings (SSSR count). The van der Waals surface area contributed by atoms with Crippen LogP contribution in [0.5, 0.6) is 0 Å². The monoisotopic (exact) mass is 258 g/mol. The minimum absolute atomic E-state index is 0.550. The molecule has 1 fully saturated rings. The molecule has 3 unspecified atom stereocenters. The van der Waals surface area contributed by atoms with Crippen molar-refractivity contribution in [3.8, 4) is 0 Å². The molecule has 1 heterocycles. The van der Waals surface area contributed by atoms with E-state index in [0.29, 0.717) is 6.04 Å². The molecule has 1 saturated heterocycles. The average Bonchev–Trinajstić information content (AvgIpc) is 2.29. The van der Waals surface area contributed by atoms with Gasteiger partial charge in [0.15, 0.2) is 5.11 Å². The Morgan fingerprint density at radius 3 is 2.76 bits per heavy atom. The zero-order valence-electron chi connectivity index (χ0n) is 11.5. The minimum Gasteiger partial charge on any atom is -0.385 e. The Hall–Kier alpha value is -0.350. The quantitative estimate of drug-likeness (QED) is 0.617. The summed E-state index contributed by atoms with van der Waals surface area (Å²) in [5.74, 6) is 1.46. The molecule has 0 aromatic carbocycles. The van der Waals surface area contributed by atoms with E-state index in [1.165, 1.54) is 6.42 Å². The average molecular weight is 258 g/mol. The molecule has 0 bridgehead atoms. The molecule has 1 aliphatic heterocycles. The van der Waals surface area contributed by atoms with Crippen LogP contribution in [0.3, 0.4) is 0 Å². The third-order valence-corrected chi connectivity index (χ3v) is 4.04. The number of nitrogens with zero attached hydrogens (tertiary/aromatic N) is 1. The molecule has 0 amide bonds. The Kier molecular flexibility index (Phi) is 6.20. The number of ether oxygens (including phenoxy) is 1. The van der Waals surface area contributed by atoms with Gasteiger partial charge in [0, 0.05) is 32.8 Å². The van der Waals surface area contributed by atoms with Crippen LogP contribution in [0.1, 0.15) is 33.6 Å². The van der Waals surface area contributed by atoms with Crippen molar-refractivity contribution in [2.24, 2.45) is 11.8 Å². The van der Waals surface area contributed by atoms with E-state index in [1.54, 1.807) is 7.11 Å². The third kappa shape index (κ3) is 4.43. The van der Waals surface area contributed by atoms with Crippen molar-refractivity contribution < 1.29 is 4.74 Å². The summed E-state index contributed by atoms with van der Waals surface area (Å²) in [6.45, 7) is 9.68. The lowest BCUT2D eigenvalue weighted by Crippen LogP contribution is -2.52. The van der Waals surface area contributed by atoms with E-state index < -0.39 is 0 Å². The van der Waals surface area contributed by atoms with Crippen molar-refractivity contribution in [2.45, 2.75) is 39.7 Å². The fraction of sp³-hybridized carbons (Fsp3) is 0.923. The van der Waals surface area contributed by atoms with Crippen LogP contribution < -0.4 is 5.32 Å². The van der Waals surface area contributed by atoms with Gasteiger partial charge in [-0.15, -0.1) is 0 Å². The smallest absolute Gasteiger partial charge is 0.169 e. The van der Waals surface area contributed by atoms with Gasteiger partial charge in [-0.25, -0.2) is 0 Å². The first kappa shape index (κ1) is 14.7. The van der Waals surface area contributed by atoms with E-state index >= 15 is 0 Å². The van der Waals surface area contributed by atoms with Crippen LogP contribution in [0.4, 0.5) is 0 Å². The molecular formula is C13H26N2OS. The second-order valence-electron chi connectivity index (χ2n) is 5.29. The molecule has 0 radical (unpaired) electrons. The Morgan fingerprint density at radius 2 is 2.12 bits per heavy atom. The molecule has 0 aromatic rings.